The summed E-state index contributed by atoms with van der Waals surface area (Å²) in [7, 11) is 0. The molecule has 2 aliphatic carbocycles. The minimum Gasteiger partial charge on any atom is -0.371 e. The highest BCUT2D eigenvalue weighted by atomic mass is 16.6. The number of hydrogen-bond donors (Lipinski definition) is 1. The Morgan fingerprint density at radius 1 is 1.17 bits per heavy atom. The second-order valence-electron chi connectivity index (χ2n) is 11.5. The van der Waals surface area contributed by atoms with Crippen LogP contribution in [-0.2, 0) is 9.47 Å². The predicted molar refractivity (Wildman–Crippen MR) is 96.6 cm³/mol. The van der Waals surface area contributed by atoms with Gasteiger partial charge in [-0.3, -0.25) is 0 Å². The SMILES string of the molecule is CC(OC1C2OC(O)C3CC1(C)C32)C(C)(CC(C)(C)C)C(C)(C)C. The van der Waals surface area contributed by atoms with Gasteiger partial charge >= 0.3 is 0 Å². The summed E-state index contributed by atoms with van der Waals surface area (Å²) in [4.78, 5) is 0. The molecule has 1 aliphatic heterocycles. The summed E-state index contributed by atoms with van der Waals surface area (Å²) < 4.78 is 12.5. The maximum absolute atomic E-state index is 10.0. The summed E-state index contributed by atoms with van der Waals surface area (Å²) in [6.07, 6.45) is 1.98. The first kappa shape index (κ1) is 18.7. The van der Waals surface area contributed by atoms with Crippen LogP contribution < -0.4 is 0 Å². The number of aliphatic hydroxyl groups excluding tert-OH is 1. The van der Waals surface area contributed by atoms with Gasteiger partial charge in [-0.25, -0.2) is 0 Å². The highest BCUT2D eigenvalue weighted by Gasteiger charge is 2.76. The van der Waals surface area contributed by atoms with Crippen LogP contribution in [0.4, 0.5) is 0 Å². The molecule has 1 N–H and O–H groups in total. The van der Waals surface area contributed by atoms with Crippen LogP contribution in [0.1, 0.15) is 75.2 Å². The molecule has 3 nitrogen and oxygen atoms in total. The Balaban J connectivity index is 1.76. The van der Waals surface area contributed by atoms with E-state index in [1.807, 2.05) is 0 Å². The van der Waals surface area contributed by atoms with Crippen molar-refractivity contribution >= 4 is 0 Å². The van der Waals surface area contributed by atoms with Crippen LogP contribution in [-0.4, -0.2) is 29.7 Å². The minimum atomic E-state index is -0.569. The monoisotopic (exact) mass is 338 g/mol. The third kappa shape index (κ3) is 2.49. The highest BCUT2D eigenvalue weighted by molar-refractivity contribution is 5.22. The van der Waals surface area contributed by atoms with Gasteiger partial charge in [0.2, 0.25) is 0 Å². The molecule has 3 rings (SSSR count). The van der Waals surface area contributed by atoms with Gasteiger partial charge in [-0.05, 0) is 36.0 Å². The molecule has 0 spiro atoms. The van der Waals surface area contributed by atoms with Crippen molar-refractivity contribution in [2.45, 2.75) is 99.8 Å². The van der Waals surface area contributed by atoms with Crippen LogP contribution >= 0.6 is 0 Å². The average molecular weight is 339 g/mol. The normalized spacial score (nSPS) is 45.0. The number of hydrogen-bond acceptors (Lipinski definition) is 3. The molecule has 3 fully saturated rings. The van der Waals surface area contributed by atoms with E-state index in [2.05, 4.69) is 62.3 Å². The smallest absolute Gasteiger partial charge is 0.158 e. The van der Waals surface area contributed by atoms with Gasteiger partial charge in [0, 0.05) is 17.3 Å². The van der Waals surface area contributed by atoms with Crippen LogP contribution in [0.3, 0.4) is 0 Å². The van der Waals surface area contributed by atoms with Crippen LogP contribution in [0.25, 0.3) is 0 Å². The van der Waals surface area contributed by atoms with Gasteiger partial charge in [-0.15, -0.1) is 0 Å². The standard InChI is InChI=1S/C21H38O3/c1-12(21(9,19(5,6)7)11-18(2,3)4)23-16-15-14-13(17(22)24-15)10-20(14,16)8/h12-17,22H,10-11H2,1-9H3. The molecule has 140 valence electrons. The van der Waals surface area contributed by atoms with E-state index in [1.54, 1.807) is 0 Å². The van der Waals surface area contributed by atoms with E-state index >= 15 is 0 Å². The van der Waals surface area contributed by atoms with E-state index < -0.39 is 6.29 Å². The first-order valence-electron chi connectivity index (χ1n) is 9.70. The largest absolute Gasteiger partial charge is 0.371 e. The summed E-state index contributed by atoms with van der Waals surface area (Å²) in [5, 5.41) is 10.0. The first-order valence-corrected chi connectivity index (χ1v) is 9.70. The Morgan fingerprint density at radius 3 is 2.25 bits per heavy atom. The van der Waals surface area contributed by atoms with Crippen molar-refractivity contribution in [2.24, 2.45) is 33.5 Å². The van der Waals surface area contributed by atoms with Gasteiger partial charge < -0.3 is 14.6 Å². The molecule has 3 heteroatoms. The third-order valence-electron chi connectivity index (χ3n) is 7.72. The molecule has 1 heterocycles. The number of ether oxygens (including phenoxy) is 2. The maximum atomic E-state index is 10.0. The lowest BCUT2D eigenvalue weighted by Crippen LogP contribution is -2.71. The molecule has 2 saturated carbocycles. The lowest BCUT2D eigenvalue weighted by molar-refractivity contribution is -0.289. The summed E-state index contributed by atoms with van der Waals surface area (Å²) in [5.74, 6) is 0.854. The van der Waals surface area contributed by atoms with E-state index in [4.69, 9.17) is 9.47 Å². The molecule has 0 aromatic carbocycles. The second-order valence-corrected chi connectivity index (χ2v) is 11.5. The Hall–Kier alpha value is -0.120. The molecule has 8 atom stereocenters. The zero-order chi connectivity index (χ0) is 18.3. The van der Waals surface area contributed by atoms with Crippen LogP contribution in [0.5, 0.6) is 0 Å². The number of aliphatic hydroxyl groups is 1. The van der Waals surface area contributed by atoms with E-state index in [-0.39, 0.29) is 40.0 Å². The summed E-state index contributed by atoms with van der Waals surface area (Å²) in [6, 6.07) is 0. The zero-order valence-corrected chi connectivity index (χ0v) is 17.1. The molecule has 24 heavy (non-hydrogen) atoms. The summed E-state index contributed by atoms with van der Waals surface area (Å²) in [5.41, 5.74) is 0.698. The molecular formula is C21H38O3. The Morgan fingerprint density at radius 2 is 1.75 bits per heavy atom. The Bertz CT molecular complexity index is 502. The molecule has 0 bridgehead atoms. The van der Waals surface area contributed by atoms with Gasteiger partial charge in [-0.1, -0.05) is 55.4 Å². The van der Waals surface area contributed by atoms with Gasteiger partial charge in [-0.2, -0.15) is 0 Å². The van der Waals surface area contributed by atoms with Crippen LogP contribution in [0.2, 0.25) is 0 Å². The topological polar surface area (TPSA) is 38.7 Å². The maximum Gasteiger partial charge on any atom is 0.158 e. The third-order valence-corrected chi connectivity index (χ3v) is 7.72. The van der Waals surface area contributed by atoms with Crippen LogP contribution in [0, 0.1) is 33.5 Å². The van der Waals surface area contributed by atoms with Crippen molar-refractivity contribution in [1.82, 2.24) is 0 Å². The van der Waals surface area contributed by atoms with Crippen molar-refractivity contribution in [3.05, 3.63) is 0 Å². The molecule has 1 saturated heterocycles. The first-order chi connectivity index (χ1) is 10.7. The lowest BCUT2D eigenvalue weighted by Gasteiger charge is -2.66. The van der Waals surface area contributed by atoms with E-state index in [0.717, 1.165) is 12.8 Å². The van der Waals surface area contributed by atoms with Crippen molar-refractivity contribution in [1.29, 1.82) is 0 Å². The molecule has 0 amide bonds. The number of rotatable bonds is 4. The molecule has 3 aliphatic rings. The molecule has 0 radical (unpaired) electrons. The van der Waals surface area contributed by atoms with Crippen molar-refractivity contribution in [3.8, 4) is 0 Å². The Labute approximate surface area is 148 Å². The fourth-order valence-corrected chi connectivity index (χ4v) is 5.89. The van der Waals surface area contributed by atoms with Crippen molar-refractivity contribution < 1.29 is 14.6 Å². The Kier molecular flexibility index (Phi) is 4.05. The molecule has 8 unspecified atom stereocenters. The molecule has 0 aromatic rings. The molecular weight excluding hydrogens is 300 g/mol. The van der Waals surface area contributed by atoms with Gasteiger partial charge in [0.1, 0.15) is 0 Å². The fraction of sp³-hybridized carbons (Fsp3) is 1.00. The van der Waals surface area contributed by atoms with Gasteiger partial charge in [0.15, 0.2) is 6.29 Å². The minimum absolute atomic E-state index is 0.0765. The predicted octanol–water partition coefficient (Wildman–Crippen LogP) is 4.62. The second kappa shape index (κ2) is 5.20. The summed E-state index contributed by atoms with van der Waals surface area (Å²) >= 11 is 0. The zero-order valence-electron chi connectivity index (χ0n) is 17.1. The fourth-order valence-electron chi connectivity index (χ4n) is 5.89. The lowest BCUT2D eigenvalue weighted by atomic mass is 9.41. The van der Waals surface area contributed by atoms with Crippen molar-refractivity contribution in [2.75, 3.05) is 0 Å². The van der Waals surface area contributed by atoms with E-state index in [0.29, 0.717) is 11.8 Å². The quantitative estimate of drug-likeness (QED) is 0.813. The highest BCUT2D eigenvalue weighted by Crippen LogP contribution is 2.71. The average Bonchev–Trinajstić information content (AvgIpc) is 2.55. The van der Waals surface area contributed by atoms with Crippen LogP contribution in [0.15, 0.2) is 0 Å². The summed E-state index contributed by atoms with van der Waals surface area (Å²) in [6.45, 7) is 20.9. The van der Waals surface area contributed by atoms with Crippen molar-refractivity contribution in [3.63, 3.8) is 0 Å². The molecule has 0 aromatic heterocycles. The van der Waals surface area contributed by atoms with Gasteiger partial charge in [0.05, 0.1) is 18.3 Å². The van der Waals surface area contributed by atoms with Gasteiger partial charge in [0.25, 0.3) is 0 Å². The van der Waals surface area contributed by atoms with E-state index in [9.17, 15) is 5.11 Å². The van der Waals surface area contributed by atoms with E-state index in [1.165, 1.54) is 0 Å².